The standard InChI is InChI=1S/C17H23N5O2/c1-17(2,3)15-19-16(20-24-15)22-10-8-21(9-11-22)13-6-4-12(5-7-13)14(18)23/h4-7H,8-11H2,1-3H3,(H2,18,23). The second-order valence-electron chi connectivity index (χ2n) is 7.03. The molecule has 7 heteroatoms. The van der Waals surface area contributed by atoms with Crippen molar-refractivity contribution < 1.29 is 9.32 Å². The van der Waals surface area contributed by atoms with Gasteiger partial charge in [-0.1, -0.05) is 20.8 Å². The first kappa shape index (κ1) is 16.3. The smallest absolute Gasteiger partial charge is 0.266 e. The third-order valence-corrected chi connectivity index (χ3v) is 4.14. The molecule has 0 bridgehead atoms. The van der Waals surface area contributed by atoms with Crippen molar-refractivity contribution in [3.63, 3.8) is 0 Å². The summed E-state index contributed by atoms with van der Waals surface area (Å²) in [7, 11) is 0. The van der Waals surface area contributed by atoms with Crippen LogP contribution in [0.1, 0.15) is 37.0 Å². The molecule has 1 aromatic carbocycles. The highest BCUT2D eigenvalue weighted by Crippen LogP contribution is 2.24. The van der Waals surface area contributed by atoms with E-state index >= 15 is 0 Å². The Morgan fingerprint density at radius 2 is 1.67 bits per heavy atom. The van der Waals surface area contributed by atoms with Gasteiger partial charge in [0.2, 0.25) is 11.8 Å². The number of hydrogen-bond donors (Lipinski definition) is 1. The van der Waals surface area contributed by atoms with E-state index in [0.717, 1.165) is 31.9 Å². The van der Waals surface area contributed by atoms with Crippen LogP contribution in [0.15, 0.2) is 28.8 Å². The lowest BCUT2D eigenvalue weighted by molar-refractivity contribution is 0.100. The molecular weight excluding hydrogens is 306 g/mol. The molecule has 2 heterocycles. The molecule has 128 valence electrons. The second kappa shape index (κ2) is 6.14. The number of nitrogens with two attached hydrogens (primary N) is 1. The van der Waals surface area contributed by atoms with Gasteiger partial charge in [-0.3, -0.25) is 4.79 Å². The van der Waals surface area contributed by atoms with Gasteiger partial charge >= 0.3 is 0 Å². The summed E-state index contributed by atoms with van der Waals surface area (Å²) in [6.07, 6.45) is 0. The number of anilines is 2. The predicted octanol–water partition coefficient (Wildman–Crippen LogP) is 1.79. The number of rotatable bonds is 3. The normalized spacial score (nSPS) is 15.6. The molecule has 2 N–H and O–H groups in total. The Bertz CT molecular complexity index is 709. The van der Waals surface area contributed by atoms with Crippen molar-refractivity contribution in [3.8, 4) is 0 Å². The van der Waals surface area contributed by atoms with Crippen LogP contribution in [0, 0.1) is 0 Å². The fourth-order valence-electron chi connectivity index (χ4n) is 2.65. The number of carbonyl (C=O) groups is 1. The highest BCUT2D eigenvalue weighted by atomic mass is 16.5. The maximum absolute atomic E-state index is 11.1. The van der Waals surface area contributed by atoms with E-state index in [-0.39, 0.29) is 5.41 Å². The van der Waals surface area contributed by atoms with Crippen LogP contribution in [-0.2, 0) is 5.41 Å². The Hall–Kier alpha value is -2.57. The van der Waals surface area contributed by atoms with E-state index in [9.17, 15) is 4.79 Å². The van der Waals surface area contributed by atoms with Gasteiger partial charge in [-0.05, 0) is 29.4 Å². The van der Waals surface area contributed by atoms with Crippen LogP contribution in [0.4, 0.5) is 11.6 Å². The topological polar surface area (TPSA) is 88.5 Å². The number of primary amides is 1. The second-order valence-corrected chi connectivity index (χ2v) is 7.03. The molecule has 2 aromatic rings. The monoisotopic (exact) mass is 329 g/mol. The molecule has 24 heavy (non-hydrogen) atoms. The van der Waals surface area contributed by atoms with Crippen molar-refractivity contribution >= 4 is 17.5 Å². The van der Waals surface area contributed by atoms with Gasteiger partial charge in [0.25, 0.3) is 5.95 Å². The van der Waals surface area contributed by atoms with Crippen molar-refractivity contribution in [2.24, 2.45) is 5.73 Å². The summed E-state index contributed by atoms with van der Waals surface area (Å²) in [5, 5.41) is 4.11. The van der Waals surface area contributed by atoms with Crippen molar-refractivity contribution in [2.45, 2.75) is 26.2 Å². The van der Waals surface area contributed by atoms with E-state index in [1.165, 1.54) is 0 Å². The highest BCUT2D eigenvalue weighted by molar-refractivity contribution is 5.93. The quantitative estimate of drug-likeness (QED) is 0.923. The van der Waals surface area contributed by atoms with Gasteiger partial charge in [-0.15, -0.1) is 0 Å². The van der Waals surface area contributed by atoms with Gasteiger partial charge in [0.05, 0.1) is 0 Å². The molecule has 3 rings (SSSR count). The molecule has 0 unspecified atom stereocenters. The Labute approximate surface area is 141 Å². The zero-order valence-electron chi connectivity index (χ0n) is 14.3. The highest BCUT2D eigenvalue weighted by Gasteiger charge is 2.25. The lowest BCUT2D eigenvalue weighted by Gasteiger charge is -2.35. The number of benzene rings is 1. The lowest BCUT2D eigenvalue weighted by Crippen LogP contribution is -2.47. The van der Waals surface area contributed by atoms with Crippen molar-refractivity contribution in [3.05, 3.63) is 35.7 Å². The van der Waals surface area contributed by atoms with Gasteiger partial charge in [0.15, 0.2) is 0 Å². The molecule has 1 aliphatic rings. The first-order chi connectivity index (χ1) is 11.3. The number of nitrogens with zero attached hydrogens (tertiary/aromatic N) is 4. The molecule has 0 radical (unpaired) electrons. The van der Waals surface area contributed by atoms with Crippen LogP contribution < -0.4 is 15.5 Å². The number of amides is 1. The molecule has 1 fully saturated rings. The zero-order valence-corrected chi connectivity index (χ0v) is 14.3. The Balaban J connectivity index is 1.63. The SMILES string of the molecule is CC(C)(C)c1nc(N2CCN(c3ccc(C(N)=O)cc3)CC2)no1. The summed E-state index contributed by atoms with van der Waals surface area (Å²) in [5.74, 6) is 0.906. The largest absolute Gasteiger partial charge is 0.368 e. The van der Waals surface area contributed by atoms with Crippen LogP contribution in [-0.4, -0.2) is 42.2 Å². The van der Waals surface area contributed by atoms with Crippen molar-refractivity contribution in [2.75, 3.05) is 36.0 Å². The first-order valence-electron chi connectivity index (χ1n) is 8.08. The molecule has 0 aliphatic carbocycles. The lowest BCUT2D eigenvalue weighted by atomic mass is 9.97. The molecule has 0 spiro atoms. The summed E-state index contributed by atoms with van der Waals surface area (Å²) < 4.78 is 5.37. The number of hydrogen-bond acceptors (Lipinski definition) is 6. The van der Waals surface area contributed by atoms with Crippen LogP contribution >= 0.6 is 0 Å². The maximum Gasteiger partial charge on any atom is 0.266 e. The van der Waals surface area contributed by atoms with Gasteiger partial charge in [0, 0.05) is 42.8 Å². The summed E-state index contributed by atoms with van der Waals surface area (Å²) >= 11 is 0. The summed E-state index contributed by atoms with van der Waals surface area (Å²) in [4.78, 5) is 20.1. The predicted molar refractivity (Wildman–Crippen MR) is 92.4 cm³/mol. The van der Waals surface area contributed by atoms with Gasteiger partial charge in [-0.2, -0.15) is 4.98 Å². The third kappa shape index (κ3) is 3.34. The zero-order chi connectivity index (χ0) is 17.3. The maximum atomic E-state index is 11.1. The Morgan fingerprint density at radius 1 is 1.08 bits per heavy atom. The average Bonchev–Trinajstić information content (AvgIpc) is 3.05. The Kier molecular flexibility index (Phi) is 4.17. The summed E-state index contributed by atoms with van der Waals surface area (Å²) in [5.41, 5.74) is 6.74. The van der Waals surface area contributed by atoms with E-state index in [4.69, 9.17) is 10.3 Å². The number of piperazine rings is 1. The molecule has 1 aromatic heterocycles. The third-order valence-electron chi connectivity index (χ3n) is 4.14. The molecule has 7 nitrogen and oxygen atoms in total. The minimum Gasteiger partial charge on any atom is -0.368 e. The van der Waals surface area contributed by atoms with E-state index in [0.29, 0.717) is 17.4 Å². The molecule has 1 amide bonds. The van der Waals surface area contributed by atoms with E-state index in [1.807, 2.05) is 12.1 Å². The molecular formula is C17H23N5O2. The van der Waals surface area contributed by atoms with Gasteiger partial charge in [0.1, 0.15) is 0 Å². The van der Waals surface area contributed by atoms with E-state index in [1.54, 1.807) is 12.1 Å². The molecule has 0 atom stereocenters. The fraction of sp³-hybridized carbons (Fsp3) is 0.471. The van der Waals surface area contributed by atoms with E-state index < -0.39 is 5.91 Å². The van der Waals surface area contributed by atoms with Crippen LogP contribution in [0.3, 0.4) is 0 Å². The summed E-state index contributed by atoms with van der Waals surface area (Å²) in [6, 6.07) is 7.39. The van der Waals surface area contributed by atoms with Crippen LogP contribution in [0.2, 0.25) is 0 Å². The van der Waals surface area contributed by atoms with Crippen molar-refractivity contribution in [1.82, 2.24) is 10.1 Å². The molecule has 1 aliphatic heterocycles. The van der Waals surface area contributed by atoms with Gasteiger partial charge < -0.3 is 20.1 Å². The first-order valence-corrected chi connectivity index (χ1v) is 8.08. The van der Waals surface area contributed by atoms with Crippen LogP contribution in [0.5, 0.6) is 0 Å². The fourth-order valence-corrected chi connectivity index (χ4v) is 2.65. The minimum atomic E-state index is -0.405. The number of carbonyl (C=O) groups excluding carboxylic acids is 1. The van der Waals surface area contributed by atoms with Crippen LogP contribution in [0.25, 0.3) is 0 Å². The minimum absolute atomic E-state index is 0.144. The van der Waals surface area contributed by atoms with E-state index in [2.05, 4.69) is 40.7 Å². The molecule has 0 saturated carbocycles. The van der Waals surface area contributed by atoms with Gasteiger partial charge in [-0.25, -0.2) is 0 Å². The average molecular weight is 329 g/mol. The van der Waals surface area contributed by atoms with Crippen molar-refractivity contribution in [1.29, 1.82) is 0 Å². The number of aromatic nitrogens is 2. The Morgan fingerprint density at radius 3 is 2.17 bits per heavy atom. The summed E-state index contributed by atoms with van der Waals surface area (Å²) in [6.45, 7) is 9.51. The molecule has 1 saturated heterocycles.